The van der Waals surface area contributed by atoms with Crippen LogP contribution in [-0.4, -0.2) is 245 Å². The molecule has 4 saturated heterocycles. The Hall–Kier alpha value is -2.16. The van der Waals surface area contributed by atoms with Gasteiger partial charge in [0.2, 0.25) is 6.29 Å². The zero-order chi connectivity index (χ0) is 57.7. The number of carbonyl (C=O) groups excluding carboxylic acids is 2. The number of rotatable bonds is 13. The van der Waals surface area contributed by atoms with Gasteiger partial charge in [0.15, 0.2) is 18.9 Å². The highest BCUT2D eigenvalue weighted by molar-refractivity contribution is 5.79. The van der Waals surface area contributed by atoms with E-state index in [1.165, 1.54) is 6.92 Å². The van der Waals surface area contributed by atoms with Gasteiger partial charge in [0.1, 0.15) is 97.2 Å². The van der Waals surface area contributed by atoms with Crippen molar-refractivity contribution in [3.05, 3.63) is 11.6 Å². The monoisotopic (exact) mass is 1130 g/mol. The van der Waals surface area contributed by atoms with Crippen LogP contribution < -0.4 is 0 Å². The summed E-state index contributed by atoms with van der Waals surface area (Å²) < 4.78 is 53.4. The number of aliphatic hydroxyl groups excluding tert-OH is 14. The van der Waals surface area contributed by atoms with Gasteiger partial charge >= 0.3 is 11.9 Å². The van der Waals surface area contributed by atoms with Gasteiger partial charge in [-0.3, -0.25) is 9.59 Å². The molecule has 25 nitrogen and oxygen atoms in total. The summed E-state index contributed by atoms with van der Waals surface area (Å²) in [6.45, 7) is 8.94. The van der Waals surface area contributed by atoms with Crippen LogP contribution in [0.1, 0.15) is 106 Å². The average molecular weight is 1140 g/mol. The highest BCUT2D eigenvalue weighted by Gasteiger charge is 2.71. The molecule has 4 saturated carbocycles. The Kier molecular flexibility index (Phi) is 17.6. The van der Waals surface area contributed by atoms with Crippen LogP contribution in [0.4, 0.5) is 0 Å². The molecule has 0 aromatic heterocycles. The van der Waals surface area contributed by atoms with Gasteiger partial charge in [0.05, 0.1) is 44.6 Å². The molecular formula is C54H86O25. The summed E-state index contributed by atoms with van der Waals surface area (Å²) >= 11 is 0. The summed E-state index contributed by atoms with van der Waals surface area (Å²) in [5.74, 6) is -1.69. The number of hydrogen-bond acceptors (Lipinski definition) is 25. The highest BCUT2D eigenvalue weighted by atomic mass is 16.8. The van der Waals surface area contributed by atoms with Crippen LogP contribution in [0.15, 0.2) is 11.6 Å². The van der Waals surface area contributed by atoms with Crippen molar-refractivity contribution >= 4 is 11.9 Å². The van der Waals surface area contributed by atoms with E-state index in [-0.39, 0.29) is 30.3 Å². The van der Waals surface area contributed by atoms with Crippen molar-refractivity contribution in [1.29, 1.82) is 0 Å². The van der Waals surface area contributed by atoms with Crippen molar-refractivity contribution in [3.8, 4) is 0 Å². The van der Waals surface area contributed by atoms with Crippen LogP contribution in [0.5, 0.6) is 0 Å². The lowest BCUT2D eigenvalue weighted by atomic mass is 9.33. The van der Waals surface area contributed by atoms with E-state index < -0.39 is 194 Å². The highest BCUT2D eigenvalue weighted by Crippen LogP contribution is 2.76. The third kappa shape index (κ3) is 10.2. The second-order valence-corrected chi connectivity index (χ2v) is 25.5. The summed E-state index contributed by atoms with van der Waals surface area (Å²) in [4.78, 5) is 27.4. The number of esters is 2. The maximum Gasteiger partial charge on any atom is 0.315 e. The Morgan fingerprint density at radius 1 is 0.595 bits per heavy atom. The molecule has 452 valence electrons. The Morgan fingerprint density at radius 3 is 1.77 bits per heavy atom. The van der Waals surface area contributed by atoms with Gasteiger partial charge in [-0.1, -0.05) is 39.3 Å². The normalized spacial score (nSPS) is 53.8. The van der Waals surface area contributed by atoms with Crippen molar-refractivity contribution in [2.45, 2.75) is 234 Å². The zero-order valence-corrected chi connectivity index (χ0v) is 45.7. The third-order valence-electron chi connectivity index (χ3n) is 21.3. The molecule has 0 aromatic carbocycles. The van der Waals surface area contributed by atoms with Crippen molar-refractivity contribution in [2.24, 2.45) is 44.8 Å². The molecule has 9 rings (SSSR count). The first-order valence-corrected chi connectivity index (χ1v) is 28.0. The molecule has 0 unspecified atom stereocenters. The second kappa shape index (κ2) is 22.7. The Morgan fingerprint density at radius 2 is 1.16 bits per heavy atom. The Labute approximate surface area is 458 Å². The molecule has 9 aliphatic rings. The van der Waals surface area contributed by atoms with E-state index in [9.17, 15) is 81.1 Å². The summed E-state index contributed by atoms with van der Waals surface area (Å²) in [6.07, 6.45) is -25.7. The fourth-order valence-corrected chi connectivity index (χ4v) is 16.5. The van der Waals surface area contributed by atoms with Gasteiger partial charge in [-0.15, -0.1) is 0 Å². The van der Waals surface area contributed by atoms with Crippen molar-refractivity contribution in [2.75, 3.05) is 33.0 Å². The maximum absolute atomic E-state index is 14.9. The lowest BCUT2D eigenvalue weighted by molar-refractivity contribution is -0.387. The fourth-order valence-electron chi connectivity index (χ4n) is 16.5. The number of ether oxygens (including phenoxy) is 9. The number of hydrogen-bond donors (Lipinski definition) is 14. The van der Waals surface area contributed by atoms with E-state index in [0.29, 0.717) is 57.8 Å². The smallest absolute Gasteiger partial charge is 0.315 e. The molecule has 0 bridgehead atoms. The first-order valence-electron chi connectivity index (χ1n) is 28.0. The molecule has 25 heteroatoms. The van der Waals surface area contributed by atoms with Crippen molar-refractivity contribution < 1.29 is 124 Å². The van der Waals surface area contributed by atoms with E-state index >= 15 is 0 Å². The average Bonchev–Trinajstić information content (AvgIpc) is 2.97. The topological polar surface area (TPSA) is 400 Å². The molecule has 79 heavy (non-hydrogen) atoms. The minimum Gasteiger partial charge on any atom is -0.460 e. The number of fused-ring (bicyclic) bond motifs is 7. The molecule has 14 N–H and O–H groups in total. The standard InChI is InChI=1S/C54H86O25/c1-23(59)79-49(2)13-15-54(48(70)78-46-40(68)37(65)34(62)28(19-56)73-46)16-14-52(5)24(25(54)17-49)7-8-31-50(3)11-10-32(51(4,22-58)30(50)9-12-53(31,52)6)75-44-41(69)42(26(60)21-71-44)76-47-43(38(66)35(63)29(20-57)74-47)77-45-39(67)36(64)33(61)27(18-55)72-45/h7,25-47,55-58,60-69H,8-22H2,1-6H3/t25-,26+,27+,28+,29+,30+,31+,32-,33+,34+,35-,36-,37-,38-,39+,40+,41+,42-,43+,44+,45-,46+,47-,49-,50+,51-,52+,53+,54-/m0/s1. The van der Waals surface area contributed by atoms with E-state index in [1.54, 1.807) is 0 Å². The largest absolute Gasteiger partial charge is 0.460 e. The first-order chi connectivity index (χ1) is 37.1. The number of aliphatic hydroxyl groups is 14. The first kappa shape index (κ1) is 61.4. The predicted molar refractivity (Wildman–Crippen MR) is 265 cm³/mol. The van der Waals surface area contributed by atoms with Crippen LogP contribution in [0.2, 0.25) is 0 Å². The van der Waals surface area contributed by atoms with Gasteiger partial charge in [-0.25, -0.2) is 0 Å². The molecule has 0 aromatic rings. The van der Waals surface area contributed by atoms with Crippen LogP contribution in [0.25, 0.3) is 0 Å². The number of allylic oxidation sites excluding steroid dienone is 2. The van der Waals surface area contributed by atoms with Gasteiger partial charge in [-0.05, 0) is 99.2 Å². The fraction of sp³-hybridized carbons (Fsp3) is 0.926. The Balaban J connectivity index is 0.943. The van der Waals surface area contributed by atoms with E-state index in [0.717, 1.165) is 5.57 Å². The molecule has 0 radical (unpaired) electrons. The summed E-state index contributed by atoms with van der Waals surface area (Å²) in [5.41, 5.74) is -3.23. The molecule has 29 atom stereocenters. The number of carbonyl (C=O) groups is 2. The van der Waals surface area contributed by atoms with Crippen LogP contribution >= 0.6 is 0 Å². The summed E-state index contributed by atoms with van der Waals surface area (Å²) in [6, 6.07) is 0. The SMILES string of the molecule is CC(=O)O[C@@]1(C)CC[C@]2(C(=O)O[C@H]3O[C@H](CO)[C@@H](O)[C@H](O)[C@H]3O)CC[C@]3(C)C(=CC[C@@H]4[C@]5(C)CC[C@H](O[C@H]6OC[C@@H](O)[C@H](O[C@@H]7O[C@H](CO)[C@H](O)[C@H](O)[C@H]7O[C@@H]7O[C@H](CO)[C@@H](O)[C@H](O)[C@H]7O)[C@H]6O)[C@@](C)(CO)[C@@H]5CC[C@]43C)[C@@H]2C1. The molecule has 4 aliphatic heterocycles. The van der Waals surface area contributed by atoms with Gasteiger partial charge in [0.25, 0.3) is 0 Å². The minimum absolute atomic E-state index is 0.0473. The molecule has 5 aliphatic carbocycles. The molecule has 8 fully saturated rings. The zero-order valence-electron chi connectivity index (χ0n) is 45.7. The lowest BCUT2D eigenvalue weighted by Crippen LogP contribution is -2.67. The van der Waals surface area contributed by atoms with Crippen LogP contribution in [-0.2, 0) is 52.2 Å². The third-order valence-corrected chi connectivity index (χ3v) is 21.3. The lowest BCUT2D eigenvalue weighted by Gasteiger charge is -2.71. The van der Waals surface area contributed by atoms with Crippen molar-refractivity contribution in [1.82, 2.24) is 0 Å². The quantitative estimate of drug-likeness (QED) is 0.0493. The van der Waals surface area contributed by atoms with Crippen LogP contribution in [0, 0.1) is 44.8 Å². The molecule has 0 amide bonds. The molecule has 0 spiro atoms. The minimum atomic E-state index is -1.94. The predicted octanol–water partition coefficient (Wildman–Crippen LogP) is -3.13. The molecule has 4 heterocycles. The van der Waals surface area contributed by atoms with E-state index in [2.05, 4.69) is 26.8 Å². The summed E-state index contributed by atoms with van der Waals surface area (Å²) in [7, 11) is 0. The van der Waals surface area contributed by atoms with E-state index in [4.69, 9.17) is 42.6 Å². The Bertz CT molecular complexity index is 2200. The molecular weight excluding hydrogens is 1050 g/mol. The van der Waals surface area contributed by atoms with Gasteiger partial charge in [-0.2, -0.15) is 0 Å². The maximum atomic E-state index is 14.9. The van der Waals surface area contributed by atoms with Crippen LogP contribution in [0.3, 0.4) is 0 Å². The van der Waals surface area contributed by atoms with E-state index in [1.807, 2.05) is 13.8 Å². The van der Waals surface area contributed by atoms with Gasteiger partial charge in [0, 0.05) is 18.3 Å². The van der Waals surface area contributed by atoms with Crippen molar-refractivity contribution in [3.63, 3.8) is 0 Å². The second-order valence-electron chi connectivity index (χ2n) is 25.5. The van der Waals surface area contributed by atoms with Gasteiger partial charge < -0.3 is 114 Å². The summed E-state index contributed by atoms with van der Waals surface area (Å²) in [5, 5.41) is 150.